The van der Waals surface area contributed by atoms with E-state index in [1.54, 1.807) is 6.08 Å². The Kier molecular flexibility index (Phi) is 3.99. The molecule has 0 aromatic carbocycles. The molecule has 0 spiro atoms. The summed E-state index contributed by atoms with van der Waals surface area (Å²) in [5.41, 5.74) is 0. The number of hydrogen-bond acceptors (Lipinski definition) is 2. The van der Waals surface area contributed by atoms with Crippen LogP contribution in [0, 0.1) is 17.8 Å². The molecule has 3 nitrogen and oxygen atoms in total. The van der Waals surface area contributed by atoms with Crippen molar-refractivity contribution in [2.75, 3.05) is 19.8 Å². The van der Waals surface area contributed by atoms with Gasteiger partial charge in [-0.2, -0.15) is 0 Å². The van der Waals surface area contributed by atoms with Gasteiger partial charge in [0.1, 0.15) is 0 Å². The standard InChI is InChI=1S/C13H21NO2/c1-2-11-7-12(11)3-4-13(15)14-8-10-5-6-16-9-10/h3-4,10-12H,2,5-9H2,1H3,(H,14,15)/b4-3+/t10?,11-,12-/m1/s1. The third-order valence-corrected chi connectivity index (χ3v) is 3.59. The predicted octanol–water partition coefficient (Wildman–Crippen LogP) is 1.74. The first-order valence-corrected chi connectivity index (χ1v) is 6.33. The van der Waals surface area contributed by atoms with Crippen LogP contribution in [0.3, 0.4) is 0 Å². The van der Waals surface area contributed by atoms with Crippen molar-refractivity contribution in [3.05, 3.63) is 12.2 Å². The Hall–Kier alpha value is -0.830. The molecule has 1 saturated carbocycles. The third-order valence-electron chi connectivity index (χ3n) is 3.59. The molecule has 2 rings (SSSR count). The van der Waals surface area contributed by atoms with E-state index >= 15 is 0 Å². The Balaban J connectivity index is 1.60. The second-order valence-corrected chi connectivity index (χ2v) is 4.90. The lowest BCUT2D eigenvalue weighted by Crippen LogP contribution is -2.27. The molecule has 0 aromatic rings. The van der Waals surface area contributed by atoms with Crippen LogP contribution in [-0.2, 0) is 9.53 Å². The molecule has 1 N–H and O–H groups in total. The lowest BCUT2D eigenvalue weighted by atomic mass is 10.1. The molecule has 3 heteroatoms. The van der Waals surface area contributed by atoms with E-state index in [9.17, 15) is 4.79 Å². The van der Waals surface area contributed by atoms with Gasteiger partial charge in [0.15, 0.2) is 0 Å². The summed E-state index contributed by atoms with van der Waals surface area (Å²) in [5.74, 6) is 2.05. The lowest BCUT2D eigenvalue weighted by molar-refractivity contribution is -0.116. The van der Waals surface area contributed by atoms with Crippen LogP contribution in [0.2, 0.25) is 0 Å². The molecular weight excluding hydrogens is 202 g/mol. The van der Waals surface area contributed by atoms with Gasteiger partial charge < -0.3 is 10.1 Å². The molecule has 16 heavy (non-hydrogen) atoms. The molecule has 1 aliphatic carbocycles. The zero-order valence-corrected chi connectivity index (χ0v) is 9.95. The van der Waals surface area contributed by atoms with E-state index in [1.807, 2.05) is 0 Å². The molecule has 1 amide bonds. The molecular formula is C13H21NO2. The number of hydrogen-bond donors (Lipinski definition) is 1. The van der Waals surface area contributed by atoms with Gasteiger partial charge in [-0.1, -0.05) is 19.4 Å². The Labute approximate surface area is 97.2 Å². The van der Waals surface area contributed by atoms with E-state index < -0.39 is 0 Å². The van der Waals surface area contributed by atoms with Crippen LogP contribution in [0.5, 0.6) is 0 Å². The molecule has 90 valence electrons. The normalized spacial score (nSPS) is 33.2. The molecule has 1 unspecified atom stereocenters. The van der Waals surface area contributed by atoms with Crippen LogP contribution in [-0.4, -0.2) is 25.7 Å². The summed E-state index contributed by atoms with van der Waals surface area (Å²) in [7, 11) is 0. The maximum absolute atomic E-state index is 11.5. The number of amides is 1. The van der Waals surface area contributed by atoms with Crippen LogP contribution < -0.4 is 5.32 Å². The van der Waals surface area contributed by atoms with E-state index in [1.165, 1.54) is 12.8 Å². The maximum atomic E-state index is 11.5. The molecule has 3 atom stereocenters. The summed E-state index contributed by atoms with van der Waals surface area (Å²) in [5, 5.41) is 2.93. The van der Waals surface area contributed by atoms with Crippen molar-refractivity contribution in [2.45, 2.75) is 26.2 Å². The van der Waals surface area contributed by atoms with Crippen molar-refractivity contribution in [3.8, 4) is 0 Å². The highest BCUT2D eigenvalue weighted by atomic mass is 16.5. The van der Waals surface area contributed by atoms with Crippen molar-refractivity contribution >= 4 is 5.91 Å². The number of ether oxygens (including phenoxy) is 1. The maximum Gasteiger partial charge on any atom is 0.243 e. The summed E-state index contributed by atoms with van der Waals surface area (Å²) >= 11 is 0. The average Bonchev–Trinajstić information content (AvgIpc) is 2.86. The van der Waals surface area contributed by atoms with Gasteiger partial charge in [0.2, 0.25) is 5.91 Å². The van der Waals surface area contributed by atoms with Crippen LogP contribution in [0.25, 0.3) is 0 Å². The molecule has 2 aliphatic rings. The van der Waals surface area contributed by atoms with Crippen molar-refractivity contribution in [3.63, 3.8) is 0 Å². The molecule has 0 aromatic heterocycles. The van der Waals surface area contributed by atoms with Crippen LogP contribution in [0.1, 0.15) is 26.2 Å². The Morgan fingerprint density at radius 1 is 1.56 bits per heavy atom. The number of carbonyl (C=O) groups excluding carboxylic acids is 1. The summed E-state index contributed by atoms with van der Waals surface area (Å²) < 4.78 is 5.26. The fourth-order valence-electron chi connectivity index (χ4n) is 2.24. The Morgan fingerprint density at radius 3 is 3.06 bits per heavy atom. The monoisotopic (exact) mass is 223 g/mol. The van der Waals surface area contributed by atoms with Crippen LogP contribution >= 0.6 is 0 Å². The number of allylic oxidation sites excluding steroid dienone is 1. The Bertz CT molecular complexity index is 269. The number of carbonyl (C=O) groups is 1. The van der Waals surface area contributed by atoms with Gasteiger partial charge in [-0.05, 0) is 30.8 Å². The zero-order valence-electron chi connectivity index (χ0n) is 9.95. The van der Waals surface area contributed by atoms with E-state index in [-0.39, 0.29) is 5.91 Å². The van der Waals surface area contributed by atoms with E-state index in [0.717, 1.165) is 32.1 Å². The first-order valence-electron chi connectivity index (χ1n) is 6.33. The largest absolute Gasteiger partial charge is 0.381 e. The fourth-order valence-corrected chi connectivity index (χ4v) is 2.24. The molecule has 2 fully saturated rings. The molecule has 1 saturated heterocycles. The first-order chi connectivity index (χ1) is 7.79. The second kappa shape index (κ2) is 5.48. The van der Waals surface area contributed by atoms with Crippen molar-refractivity contribution in [1.82, 2.24) is 5.32 Å². The minimum atomic E-state index is 0.0497. The van der Waals surface area contributed by atoms with Gasteiger partial charge >= 0.3 is 0 Å². The SMILES string of the molecule is CC[C@@H]1C[C@H]1/C=C/C(=O)NCC1CCOC1. The highest BCUT2D eigenvalue weighted by Crippen LogP contribution is 2.41. The molecule has 0 radical (unpaired) electrons. The summed E-state index contributed by atoms with van der Waals surface area (Å²) in [6.07, 6.45) is 7.34. The van der Waals surface area contributed by atoms with E-state index in [4.69, 9.17) is 4.74 Å². The van der Waals surface area contributed by atoms with Gasteiger partial charge in [0.05, 0.1) is 6.61 Å². The first kappa shape index (κ1) is 11.6. The van der Waals surface area contributed by atoms with Crippen LogP contribution in [0.15, 0.2) is 12.2 Å². The highest BCUT2D eigenvalue weighted by Gasteiger charge is 2.32. The van der Waals surface area contributed by atoms with Gasteiger partial charge in [-0.3, -0.25) is 4.79 Å². The molecule has 1 heterocycles. The second-order valence-electron chi connectivity index (χ2n) is 4.90. The third kappa shape index (κ3) is 3.34. The summed E-state index contributed by atoms with van der Waals surface area (Å²) in [6, 6.07) is 0. The summed E-state index contributed by atoms with van der Waals surface area (Å²) in [6.45, 7) is 4.60. The van der Waals surface area contributed by atoms with Gasteiger partial charge in [0, 0.05) is 19.1 Å². The van der Waals surface area contributed by atoms with Gasteiger partial charge in [0.25, 0.3) is 0 Å². The summed E-state index contributed by atoms with van der Waals surface area (Å²) in [4.78, 5) is 11.5. The van der Waals surface area contributed by atoms with Crippen LogP contribution in [0.4, 0.5) is 0 Å². The topological polar surface area (TPSA) is 38.3 Å². The fraction of sp³-hybridized carbons (Fsp3) is 0.769. The molecule has 1 aliphatic heterocycles. The molecule has 0 bridgehead atoms. The number of nitrogens with one attached hydrogen (secondary N) is 1. The minimum absolute atomic E-state index is 0.0497. The predicted molar refractivity (Wildman–Crippen MR) is 63.0 cm³/mol. The Morgan fingerprint density at radius 2 is 2.44 bits per heavy atom. The van der Waals surface area contributed by atoms with Gasteiger partial charge in [-0.15, -0.1) is 0 Å². The average molecular weight is 223 g/mol. The van der Waals surface area contributed by atoms with Crippen molar-refractivity contribution in [1.29, 1.82) is 0 Å². The minimum Gasteiger partial charge on any atom is -0.381 e. The smallest absolute Gasteiger partial charge is 0.243 e. The van der Waals surface area contributed by atoms with E-state index in [0.29, 0.717) is 11.8 Å². The van der Waals surface area contributed by atoms with Crippen molar-refractivity contribution < 1.29 is 9.53 Å². The van der Waals surface area contributed by atoms with E-state index in [2.05, 4.69) is 18.3 Å². The van der Waals surface area contributed by atoms with Gasteiger partial charge in [-0.25, -0.2) is 0 Å². The number of rotatable bonds is 5. The quantitative estimate of drug-likeness (QED) is 0.721. The van der Waals surface area contributed by atoms with Crippen molar-refractivity contribution in [2.24, 2.45) is 17.8 Å². The lowest BCUT2D eigenvalue weighted by Gasteiger charge is -2.06. The zero-order chi connectivity index (χ0) is 11.4. The highest BCUT2D eigenvalue weighted by molar-refractivity contribution is 5.87.